The minimum atomic E-state index is -4.54. The number of aliphatic hydroxyl groups is 5. The molecule has 1 rings (SSSR count). The molecule has 156 valence electrons. The van der Waals surface area contributed by atoms with Crippen molar-refractivity contribution in [2.75, 3.05) is 45.4 Å². The Morgan fingerprint density at radius 3 is 2.30 bits per heavy atom. The second-order valence-corrected chi connectivity index (χ2v) is 7.08. The van der Waals surface area contributed by atoms with E-state index in [1.807, 2.05) is 0 Å². The zero-order chi connectivity index (χ0) is 19.7. The van der Waals surface area contributed by atoms with E-state index >= 15 is 0 Å². The van der Waals surface area contributed by atoms with Gasteiger partial charge in [-0.2, -0.15) is 0 Å². The molecule has 14 heteroatoms. The molecule has 0 radical (unpaired) electrons. The van der Waals surface area contributed by atoms with Gasteiger partial charge in [-0.05, 0) is 0 Å². The molecule has 0 amide bonds. The molecule has 0 saturated carbocycles. The maximum absolute atomic E-state index is 10.4. The fraction of sp³-hybridized carbons (Fsp3) is 1.00. The third-order valence-electron chi connectivity index (χ3n) is 3.43. The Morgan fingerprint density at radius 2 is 1.70 bits per heavy atom. The van der Waals surface area contributed by atoms with E-state index in [0.29, 0.717) is 0 Å². The summed E-state index contributed by atoms with van der Waals surface area (Å²) in [6.07, 6.45) is -8.05. The van der Waals surface area contributed by atoms with Gasteiger partial charge in [0, 0.05) is 0 Å². The third-order valence-corrected chi connectivity index (χ3v) is 4.22. The van der Waals surface area contributed by atoms with Crippen LogP contribution in [0.25, 0.3) is 0 Å². The summed E-state index contributed by atoms with van der Waals surface area (Å²) in [7, 11) is -4.54. The molecule has 12 nitrogen and oxygen atoms in total. The first kappa shape index (κ1) is 27.5. The Bertz CT molecular complexity index is 492. The van der Waals surface area contributed by atoms with E-state index in [1.165, 1.54) is 0 Å². The fourth-order valence-electron chi connectivity index (χ4n) is 2.25. The van der Waals surface area contributed by atoms with Gasteiger partial charge in [-0.3, -0.25) is 0 Å². The van der Waals surface area contributed by atoms with Gasteiger partial charge in [0.1, 0.15) is 24.4 Å². The maximum Gasteiger partial charge on any atom is 1.00 e. The van der Waals surface area contributed by atoms with Crippen molar-refractivity contribution in [2.24, 2.45) is 0 Å². The predicted molar refractivity (Wildman–Crippen MR) is 81.9 cm³/mol. The summed E-state index contributed by atoms with van der Waals surface area (Å²) in [5, 5.41) is 47.6. The molecule has 0 aromatic rings. The Labute approximate surface area is 179 Å². The van der Waals surface area contributed by atoms with E-state index < -0.39 is 52.7 Å². The number of aliphatic hydroxyl groups excluding tert-OH is 5. The summed E-state index contributed by atoms with van der Waals surface area (Å²) in [4.78, 5) is 0. The quantitative estimate of drug-likeness (QED) is 0.112. The topological polar surface area (TPSA) is 195 Å². The molecule has 0 aromatic heterocycles. The van der Waals surface area contributed by atoms with E-state index in [9.17, 15) is 33.4 Å². The van der Waals surface area contributed by atoms with E-state index in [-0.39, 0.29) is 69.2 Å². The van der Waals surface area contributed by atoms with E-state index in [0.717, 1.165) is 0 Å². The van der Waals surface area contributed by atoms with Crippen molar-refractivity contribution in [1.82, 2.24) is 0 Å². The number of hydrogen-bond acceptors (Lipinski definition) is 12. The van der Waals surface area contributed by atoms with Gasteiger partial charge in [0.05, 0.1) is 61.6 Å². The summed E-state index contributed by atoms with van der Waals surface area (Å²) in [6, 6.07) is 0. The predicted octanol–water partition coefficient (Wildman–Crippen LogP) is -7.25. The zero-order valence-corrected chi connectivity index (χ0v) is 17.7. The van der Waals surface area contributed by atoms with Crippen molar-refractivity contribution in [3.8, 4) is 0 Å². The van der Waals surface area contributed by atoms with Gasteiger partial charge in [-0.1, -0.05) is 0 Å². The van der Waals surface area contributed by atoms with E-state index in [1.54, 1.807) is 0 Å². The van der Waals surface area contributed by atoms with Crippen molar-refractivity contribution < 1.29 is 87.0 Å². The average molecular weight is 428 g/mol. The Hall–Kier alpha value is 0.550. The molecule has 0 aromatic carbocycles. The van der Waals surface area contributed by atoms with Gasteiger partial charge in [0.15, 0.2) is 6.29 Å². The van der Waals surface area contributed by atoms with Crippen LogP contribution in [0.4, 0.5) is 0 Å². The van der Waals surface area contributed by atoms with Gasteiger partial charge in [0.2, 0.25) is 0 Å². The van der Waals surface area contributed by atoms with Crippen LogP contribution in [0.1, 0.15) is 0 Å². The van der Waals surface area contributed by atoms with Gasteiger partial charge in [-0.15, -0.1) is 0 Å². The van der Waals surface area contributed by atoms with Crippen LogP contribution in [-0.4, -0.2) is 121 Å². The number of ether oxygens (including phenoxy) is 4. The molecule has 1 unspecified atom stereocenters. The van der Waals surface area contributed by atoms with Crippen LogP contribution in [-0.2, 0) is 29.1 Å². The zero-order valence-electron chi connectivity index (χ0n) is 14.9. The van der Waals surface area contributed by atoms with Gasteiger partial charge < -0.3 is 49.0 Å². The largest absolute Gasteiger partial charge is 1.00 e. The molecule has 1 fully saturated rings. The smallest absolute Gasteiger partial charge is 0.748 e. The van der Waals surface area contributed by atoms with Gasteiger partial charge in [-0.25, -0.2) is 8.42 Å². The molecule has 0 bridgehead atoms. The SMILES string of the molecule is O=S(=O)([O-])CC(O)COCCOC[C@H]1O[C@@H](O)[C@H](OCCO)[C@@H](O)[C@@H]1O.[Na+]. The van der Waals surface area contributed by atoms with Crippen molar-refractivity contribution in [3.63, 3.8) is 0 Å². The molecule has 6 atom stereocenters. The fourth-order valence-corrected chi connectivity index (χ4v) is 2.82. The standard InChI is InChI=1S/C13H26O12S.Na/c14-1-2-24-12-11(17)10(16)9(25-13(12)18)6-23-4-3-22-5-8(15)7-26(19,20)21;/h8-18H,1-7H2,(H,19,20,21);/q;+1/p-1/t8?,9-,10-,11+,12-,13-;/m1./s1. The normalized spacial score (nSPS) is 29.9. The second-order valence-electron chi connectivity index (χ2n) is 5.63. The van der Waals surface area contributed by atoms with Crippen LogP contribution < -0.4 is 29.6 Å². The van der Waals surface area contributed by atoms with Crippen molar-refractivity contribution >= 4 is 10.1 Å². The summed E-state index contributed by atoms with van der Waals surface area (Å²) in [5.74, 6) is -0.953. The van der Waals surface area contributed by atoms with E-state index in [2.05, 4.69) is 0 Å². The molecular weight excluding hydrogens is 403 g/mol. The van der Waals surface area contributed by atoms with Crippen LogP contribution >= 0.6 is 0 Å². The molecule has 0 spiro atoms. The monoisotopic (exact) mass is 428 g/mol. The first-order valence-corrected chi connectivity index (χ1v) is 9.42. The van der Waals surface area contributed by atoms with Crippen molar-refractivity contribution in [3.05, 3.63) is 0 Å². The Morgan fingerprint density at radius 1 is 1.07 bits per heavy atom. The molecule has 27 heavy (non-hydrogen) atoms. The molecule has 1 saturated heterocycles. The van der Waals surface area contributed by atoms with Crippen LogP contribution in [0, 0.1) is 0 Å². The summed E-state index contributed by atoms with van der Waals surface area (Å²) in [5.41, 5.74) is 0. The maximum atomic E-state index is 10.4. The third kappa shape index (κ3) is 10.8. The Balaban J connectivity index is 0.00000676. The molecule has 5 N–H and O–H groups in total. The Kier molecular flexibility index (Phi) is 14.0. The van der Waals surface area contributed by atoms with Crippen LogP contribution in [0.2, 0.25) is 0 Å². The molecule has 1 aliphatic rings. The van der Waals surface area contributed by atoms with Gasteiger partial charge >= 0.3 is 29.6 Å². The number of rotatable bonds is 12. The first-order chi connectivity index (χ1) is 12.2. The molecule has 1 aliphatic heterocycles. The average Bonchev–Trinajstić information content (AvgIpc) is 2.53. The summed E-state index contributed by atoms with van der Waals surface area (Å²) in [6.45, 7) is -1.08. The second kappa shape index (κ2) is 13.7. The summed E-state index contributed by atoms with van der Waals surface area (Å²) < 4.78 is 51.5. The molecule has 0 aliphatic carbocycles. The van der Waals surface area contributed by atoms with Crippen molar-refractivity contribution in [1.29, 1.82) is 0 Å². The minimum absolute atomic E-state index is 0. The first-order valence-electron chi connectivity index (χ1n) is 7.85. The van der Waals surface area contributed by atoms with Crippen LogP contribution in [0.3, 0.4) is 0 Å². The van der Waals surface area contributed by atoms with Crippen molar-refractivity contribution in [2.45, 2.75) is 36.8 Å². The van der Waals surface area contributed by atoms with E-state index in [4.69, 9.17) is 24.1 Å². The minimum Gasteiger partial charge on any atom is -0.748 e. The number of hydrogen-bond donors (Lipinski definition) is 5. The molecular formula is C13H25NaO12S. The van der Waals surface area contributed by atoms with Gasteiger partial charge in [0.25, 0.3) is 0 Å². The van der Waals surface area contributed by atoms with Crippen LogP contribution in [0.15, 0.2) is 0 Å². The summed E-state index contributed by atoms with van der Waals surface area (Å²) >= 11 is 0. The van der Waals surface area contributed by atoms with Crippen LogP contribution in [0.5, 0.6) is 0 Å². The molecule has 1 heterocycles.